The number of hydrogen-bond donors (Lipinski definition) is 4. The second kappa shape index (κ2) is 9.17. The van der Waals surface area contributed by atoms with Crippen LogP contribution in [0.2, 0.25) is 0 Å². The van der Waals surface area contributed by atoms with Crippen molar-refractivity contribution in [1.29, 1.82) is 0 Å². The molecule has 132 valence electrons. The molecule has 0 radical (unpaired) electrons. The number of aliphatic carboxylic acids is 2. The van der Waals surface area contributed by atoms with Gasteiger partial charge in [-0.25, -0.2) is 14.6 Å². The molecule has 0 aliphatic heterocycles. The molecule has 0 amide bonds. The van der Waals surface area contributed by atoms with Crippen molar-refractivity contribution in [2.24, 2.45) is 5.84 Å². The van der Waals surface area contributed by atoms with E-state index in [-0.39, 0.29) is 6.04 Å². The fourth-order valence-electron chi connectivity index (χ4n) is 2.88. The first kappa shape index (κ1) is 19.8. The lowest BCUT2D eigenvalue weighted by atomic mass is 9.75. The molecule has 2 rings (SSSR count). The highest BCUT2D eigenvalue weighted by Gasteiger charge is 2.41. The molecule has 1 aromatic rings. The summed E-state index contributed by atoms with van der Waals surface area (Å²) >= 11 is 0. The van der Waals surface area contributed by atoms with Gasteiger partial charge in [-0.05, 0) is 18.4 Å². The summed E-state index contributed by atoms with van der Waals surface area (Å²) in [4.78, 5) is 19.1. The van der Waals surface area contributed by atoms with Crippen LogP contribution in [0.4, 0.5) is 0 Å². The summed E-state index contributed by atoms with van der Waals surface area (Å²) in [5, 5.41) is 28.1. The maximum Gasteiger partial charge on any atom is 0.328 e. The Morgan fingerprint density at radius 2 is 1.71 bits per heavy atom. The largest absolute Gasteiger partial charge is 0.478 e. The molecule has 1 aliphatic carbocycles. The third-order valence-corrected chi connectivity index (χ3v) is 3.97. The second-order valence-electron chi connectivity index (χ2n) is 5.73. The zero-order chi connectivity index (χ0) is 18.2. The van der Waals surface area contributed by atoms with Crippen LogP contribution in [-0.4, -0.2) is 45.4 Å². The van der Waals surface area contributed by atoms with Gasteiger partial charge in [-0.1, -0.05) is 43.2 Å². The van der Waals surface area contributed by atoms with Gasteiger partial charge in [0.2, 0.25) is 0 Å². The smallest absolute Gasteiger partial charge is 0.328 e. The molecule has 0 bridgehead atoms. The van der Waals surface area contributed by atoms with Gasteiger partial charge in [0, 0.05) is 19.2 Å². The summed E-state index contributed by atoms with van der Waals surface area (Å²) in [5.41, 5.74) is 0.195. The summed E-state index contributed by atoms with van der Waals surface area (Å²) in [7, 11) is 1.84. The quantitative estimate of drug-likeness (QED) is 0.371. The standard InChI is InChI=1S/C13H20N2O.C4H4O4/c1-15(14)12-9-5-6-10-13(12,16)11-7-3-2-4-8-11;5-3(6)1-2-4(7)8/h2-4,7-8,12,16H,5-6,9-10,14H2,1H3;1-2H,(H,5,6)(H,7,8)/b;2-1+/t12?,13-;/m0./s1. The molecule has 0 spiro atoms. The number of benzene rings is 1. The minimum Gasteiger partial charge on any atom is -0.478 e. The van der Waals surface area contributed by atoms with E-state index in [4.69, 9.17) is 16.1 Å². The number of nitrogens with two attached hydrogens (primary N) is 1. The van der Waals surface area contributed by atoms with Crippen LogP contribution in [0.3, 0.4) is 0 Å². The number of hydrogen-bond acceptors (Lipinski definition) is 5. The van der Waals surface area contributed by atoms with E-state index < -0.39 is 17.5 Å². The van der Waals surface area contributed by atoms with Crippen molar-refractivity contribution in [2.45, 2.75) is 37.3 Å². The van der Waals surface area contributed by atoms with E-state index in [0.717, 1.165) is 31.2 Å². The Kier molecular flexibility index (Phi) is 7.57. The third kappa shape index (κ3) is 5.77. The van der Waals surface area contributed by atoms with Crippen molar-refractivity contribution < 1.29 is 24.9 Å². The highest BCUT2D eigenvalue weighted by Crippen LogP contribution is 2.38. The van der Waals surface area contributed by atoms with Crippen molar-refractivity contribution in [3.63, 3.8) is 0 Å². The van der Waals surface area contributed by atoms with Crippen LogP contribution in [0.1, 0.15) is 31.2 Å². The molecule has 1 saturated carbocycles. The predicted octanol–water partition coefficient (Wildman–Crippen LogP) is 1.33. The maximum atomic E-state index is 10.9. The van der Waals surface area contributed by atoms with Gasteiger partial charge in [0.15, 0.2) is 0 Å². The van der Waals surface area contributed by atoms with Crippen LogP contribution in [0.15, 0.2) is 42.5 Å². The van der Waals surface area contributed by atoms with Gasteiger partial charge >= 0.3 is 11.9 Å². The van der Waals surface area contributed by atoms with E-state index in [1.54, 1.807) is 5.01 Å². The molecule has 1 aliphatic rings. The van der Waals surface area contributed by atoms with Crippen molar-refractivity contribution in [3.05, 3.63) is 48.0 Å². The molecular formula is C17H24N2O5. The van der Waals surface area contributed by atoms with Gasteiger partial charge < -0.3 is 15.3 Å². The lowest BCUT2D eigenvalue weighted by Crippen LogP contribution is -2.53. The second-order valence-corrected chi connectivity index (χ2v) is 5.73. The highest BCUT2D eigenvalue weighted by molar-refractivity contribution is 5.89. The summed E-state index contributed by atoms with van der Waals surface area (Å²) in [6.07, 6.45) is 5.07. The predicted molar refractivity (Wildman–Crippen MR) is 89.0 cm³/mol. The number of hydrazine groups is 1. The fourth-order valence-corrected chi connectivity index (χ4v) is 2.88. The van der Waals surface area contributed by atoms with Gasteiger partial charge in [-0.15, -0.1) is 0 Å². The Hall–Kier alpha value is -2.22. The topological polar surface area (TPSA) is 124 Å². The zero-order valence-corrected chi connectivity index (χ0v) is 13.6. The average Bonchev–Trinajstić information content (AvgIpc) is 2.54. The first-order chi connectivity index (χ1) is 11.3. The van der Waals surface area contributed by atoms with E-state index >= 15 is 0 Å². The molecule has 2 atom stereocenters. The molecule has 0 saturated heterocycles. The fraction of sp³-hybridized carbons (Fsp3) is 0.412. The van der Waals surface area contributed by atoms with E-state index in [1.807, 2.05) is 37.4 Å². The minimum atomic E-state index is -1.26. The van der Waals surface area contributed by atoms with Crippen molar-refractivity contribution >= 4 is 11.9 Å². The Morgan fingerprint density at radius 3 is 2.17 bits per heavy atom. The van der Waals surface area contributed by atoms with Gasteiger partial charge in [-0.2, -0.15) is 0 Å². The van der Waals surface area contributed by atoms with Gasteiger partial charge in [0.1, 0.15) is 5.60 Å². The SMILES string of the molecule is CN(N)C1CCCC[C@]1(O)c1ccccc1.O=C(O)/C=C/C(=O)O. The molecular weight excluding hydrogens is 312 g/mol. The van der Waals surface area contributed by atoms with Crippen LogP contribution < -0.4 is 5.84 Å². The Morgan fingerprint density at radius 1 is 1.17 bits per heavy atom. The highest BCUT2D eigenvalue weighted by atomic mass is 16.4. The van der Waals surface area contributed by atoms with E-state index in [9.17, 15) is 14.7 Å². The number of carboxylic acid groups (broad SMARTS) is 2. The van der Waals surface area contributed by atoms with Crippen LogP contribution >= 0.6 is 0 Å². The Bertz CT molecular complexity index is 558. The van der Waals surface area contributed by atoms with E-state index in [2.05, 4.69) is 0 Å². The Labute approximate surface area is 141 Å². The third-order valence-electron chi connectivity index (χ3n) is 3.97. The van der Waals surface area contributed by atoms with Crippen LogP contribution in [0.5, 0.6) is 0 Å². The number of nitrogens with zero attached hydrogens (tertiary/aromatic N) is 1. The molecule has 1 unspecified atom stereocenters. The van der Waals surface area contributed by atoms with Crippen LogP contribution in [-0.2, 0) is 15.2 Å². The van der Waals surface area contributed by atoms with Gasteiger partial charge in [-0.3, -0.25) is 5.84 Å². The first-order valence-electron chi connectivity index (χ1n) is 7.66. The number of likely N-dealkylation sites (N-methyl/N-ethyl adjacent to an activating group) is 1. The van der Waals surface area contributed by atoms with Crippen molar-refractivity contribution in [2.75, 3.05) is 7.05 Å². The maximum absolute atomic E-state index is 10.9. The average molecular weight is 336 g/mol. The zero-order valence-electron chi connectivity index (χ0n) is 13.6. The lowest BCUT2D eigenvalue weighted by Gasteiger charge is -2.43. The Balaban J connectivity index is 0.000000307. The number of carboxylic acids is 2. The van der Waals surface area contributed by atoms with Crippen LogP contribution in [0.25, 0.3) is 0 Å². The molecule has 0 heterocycles. The van der Waals surface area contributed by atoms with Gasteiger partial charge in [0.25, 0.3) is 0 Å². The van der Waals surface area contributed by atoms with E-state index in [0.29, 0.717) is 12.2 Å². The van der Waals surface area contributed by atoms with Gasteiger partial charge in [0.05, 0.1) is 6.04 Å². The van der Waals surface area contributed by atoms with Crippen LogP contribution in [0, 0.1) is 0 Å². The number of rotatable bonds is 4. The molecule has 7 heteroatoms. The summed E-state index contributed by atoms with van der Waals surface area (Å²) in [6.45, 7) is 0. The molecule has 1 fully saturated rings. The number of aliphatic hydroxyl groups is 1. The monoisotopic (exact) mass is 336 g/mol. The summed E-state index contributed by atoms with van der Waals surface area (Å²) < 4.78 is 0. The first-order valence-corrected chi connectivity index (χ1v) is 7.66. The minimum absolute atomic E-state index is 0.0173. The molecule has 5 N–H and O–H groups in total. The number of carbonyl (C=O) groups is 2. The molecule has 7 nitrogen and oxygen atoms in total. The van der Waals surface area contributed by atoms with E-state index in [1.165, 1.54) is 0 Å². The molecule has 0 aromatic heterocycles. The summed E-state index contributed by atoms with van der Waals surface area (Å²) in [6, 6.07) is 9.90. The van der Waals surface area contributed by atoms with Crippen molar-refractivity contribution in [3.8, 4) is 0 Å². The molecule has 1 aromatic carbocycles. The van der Waals surface area contributed by atoms with Crippen molar-refractivity contribution in [1.82, 2.24) is 5.01 Å². The normalized spacial score (nSPS) is 23.6. The summed E-state index contributed by atoms with van der Waals surface area (Å²) in [5.74, 6) is 3.34. The lowest BCUT2D eigenvalue weighted by molar-refractivity contribution is -0.134. The molecule has 24 heavy (non-hydrogen) atoms.